The molecule has 0 radical (unpaired) electrons. The third-order valence-electron chi connectivity index (χ3n) is 15.4. The molecule has 0 atom stereocenters. The van der Waals surface area contributed by atoms with Crippen LogP contribution in [0.1, 0.15) is 91.4 Å². The molecule has 0 bridgehead atoms. The monoisotopic (exact) mass is 1420 g/mol. The number of rotatable bonds is 8. The molecular weight excluding hydrogens is 1360 g/mol. The van der Waals surface area contributed by atoms with E-state index in [0.717, 1.165) is 48.7 Å². The number of nitro groups is 1. The van der Waals surface area contributed by atoms with Gasteiger partial charge >= 0.3 is 47.9 Å². The number of esters is 6. The predicted octanol–water partition coefficient (Wildman–Crippen LogP) is 9.39. The Morgan fingerprint density at radius 1 is 0.550 bits per heavy atom. The number of aryl methyl sites for hydroxylation is 1. The summed E-state index contributed by atoms with van der Waals surface area (Å²) in [5.41, 5.74) is 8.82. The molecule has 6 N–H and O–H groups in total. The highest BCUT2D eigenvalue weighted by atomic mass is 32.1. The summed E-state index contributed by atoms with van der Waals surface area (Å²) in [6.07, 6.45) is 2.99. The Balaban J connectivity index is 0.000000156. The number of thiazole rings is 1. The molecule has 1 aliphatic heterocycles. The Morgan fingerprint density at radius 2 is 1.01 bits per heavy atom. The van der Waals surface area contributed by atoms with E-state index in [1.54, 1.807) is 91.9 Å². The minimum Gasteiger partial charge on any atom is -0.466 e. The van der Waals surface area contributed by atoms with Crippen LogP contribution in [0.5, 0.6) is 0 Å². The summed E-state index contributed by atoms with van der Waals surface area (Å²) in [5.74, 6) is -2.78. The number of nitrogens with zero attached hydrogens (tertiary/aromatic N) is 4. The van der Waals surface area contributed by atoms with Gasteiger partial charge in [0.05, 0.1) is 123 Å². The number of anilines is 1. The first-order valence-electron chi connectivity index (χ1n) is 29.5. The zero-order valence-corrected chi connectivity index (χ0v) is 57.8. The molecule has 7 aromatic heterocycles. The van der Waals surface area contributed by atoms with Gasteiger partial charge in [-0.25, -0.2) is 33.8 Å². The maximum atomic E-state index is 12.1. The van der Waals surface area contributed by atoms with E-state index in [2.05, 4.69) is 53.5 Å². The maximum absolute atomic E-state index is 12.1. The van der Waals surface area contributed by atoms with E-state index >= 15 is 0 Å². The molecule has 8 heterocycles. The lowest BCUT2D eigenvalue weighted by Gasteiger charge is -2.32. The molecule has 13 rings (SSSR count). The Bertz CT molecular complexity index is 5460. The summed E-state index contributed by atoms with van der Waals surface area (Å²) in [5, 5.41) is 18.7. The molecule has 0 aliphatic carbocycles. The fourth-order valence-corrected chi connectivity index (χ4v) is 12.4. The minimum absolute atomic E-state index is 0.119. The fourth-order valence-electron chi connectivity index (χ4n) is 9.85. The number of methoxy groups -OCH3 is 6. The van der Waals surface area contributed by atoms with Gasteiger partial charge in [0.15, 0.2) is 5.52 Å². The number of fused-ring (bicyclic) bond motifs is 10. The zero-order chi connectivity index (χ0) is 73.1. The molecule has 1 aliphatic rings. The number of nitrogens with one attached hydrogen (secondary N) is 4. The van der Waals surface area contributed by atoms with E-state index in [4.69, 9.17) is 24.5 Å². The molecule has 33 heteroatoms. The minimum atomic E-state index is -0.593. The lowest BCUT2D eigenvalue weighted by molar-refractivity contribution is -0.380. The lowest BCUT2D eigenvalue weighted by Crippen LogP contribution is -2.41. The number of carbonyl (C=O) groups excluding carboxylic acids is 6. The van der Waals surface area contributed by atoms with Gasteiger partial charge in [-0.05, 0) is 94.9 Å². The van der Waals surface area contributed by atoms with Crippen LogP contribution in [0.3, 0.4) is 0 Å². The third kappa shape index (κ3) is 15.8. The first kappa shape index (κ1) is 74.2. The largest absolute Gasteiger partial charge is 0.496 e. The van der Waals surface area contributed by atoms with Gasteiger partial charge in [0.2, 0.25) is 5.56 Å². The summed E-state index contributed by atoms with van der Waals surface area (Å²) >= 11 is 3.37. The number of aromatic amines is 4. The van der Waals surface area contributed by atoms with Crippen LogP contribution in [0, 0.1) is 17.0 Å². The molecular formula is C67H62BN9O20S3. The smallest absolute Gasteiger partial charge is 0.466 e. The molecule has 5 aromatic carbocycles. The van der Waals surface area contributed by atoms with E-state index in [1.807, 2.05) is 46.8 Å². The Morgan fingerprint density at radius 3 is 1.52 bits per heavy atom. The average molecular weight is 1420 g/mol. The van der Waals surface area contributed by atoms with Gasteiger partial charge in [-0.2, -0.15) is 0 Å². The standard InChI is InChI=1S/C14H20BNO4.C13H8N2O5S.C13H10N2O3S.C11H7N3O3S.C11H9NO3.C5H8O2/c1-13(2)14(3,4)20-15(19-13)10-8-6-7-9(11(10)16)12(17)18-5;1-20-13(17)7-4-2-3-6-8-5-9(15(18)19)21-11(8)12(16)14-10(6)7;1-6-14-10-11(19-6)7-4-3-5-8(13(17)18-2)9(7)15-12(10)16;1-17-11(16)6-4-2-3-5-7(6)12-10(15)8-9(5)18-14-13-8;1-15-11(14)8-4-2-3-7-5-6-9(13)12-10(7)8;1-3-4-5(6)7-2/h6-8H,16H2,1-5H3;2-5H,1H3,(H,14,16);3-5H,1-2H3,(H,15,16);2-4H,1H3,(H,12,15);2-6H,1H3,(H,12,13);3-4H,1-2H3. The second kappa shape index (κ2) is 31.7. The van der Waals surface area contributed by atoms with Crippen molar-refractivity contribution in [3.63, 3.8) is 0 Å². The number of para-hydroxylation sites is 5. The second-order valence-electron chi connectivity index (χ2n) is 22.0. The summed E-state index contributed by atoms with van der Waals surface area (Å²) in [4.78, 5) is 140. The van der Waals surface area contributed by atoms with Crippen LogP contribution >= 0.6 is 34.2 Å². The number of thiophene rings is 1. The number of aromatic nitrogens is 7. The molecule has 0 spiro atoms. The first-order chi connectivity index (χ1) is 47.6. The van der Waals surface area contributed by atoms with Gasteiger partial charge in [-0.1, -0.05) is 82.6 Å². The van der Waals surface area contributed by atoms with E-state index < -0.39 is 58.6 Å². The van der Waals surface area contributed by atoms with Crippen LogP contribution in [-0.4, -0.2) is 136 Å². The number of hydrogen-bond donors (Lipinski definition) is 5. The van der Waals surface area contributed by atoms with E-state index in [1.165, 1.54) is 78.3 Å². The van der Waals surface area contributed by atoms with Gasteiger partial charge in [0.1, 0.15) is 10.2 Å². The van der Waals surface area contributed by atoms with Crippen molar-refractivity contribution in [1.82, 2.24) is 34.5 Å². The van der Waals surface area contributed by atoms with E-state index in [-0.39, 0.29) is 43.4 Å². The van der Waals surface area contributed by atoms with Crippen molar-refractivity contribution in [2.45, 2.75) is 52.7 Å². The summed E-state index contributed by atoms with van der Waals surface area (Å²) in [6.45, 7) is 11.5. The summed E-state index contributed by atoms with van der Waals surface area (Å²) < 4.78 is 45.1. The number of allylic oxidation sites excluding steroid dienone is 1. The van der Waals surface area contributed by atoms with Crippen molar-refractivity contribution >= 4 is 167 Å². The zero-order valence-electron chi connectivity index (χ0n) is 55.4. The van der Waals surface area contributed by atoms with Crippen LogP contribution in [0.2, 0.25) is 0 Å². The number of benzene rings is 5. The number of hydrogen-bond acceptors (Lipinski definition) is 27. The third-order valence-corrected chi connectivity index (χ3v) is 18.2. The number of ether oxygens (including phenoxy) is 6. The molecule has 0 saturated carbocycles. The Hall–Kier alpha value is -11.6. The highest BCUT2D eigenvalue weighted by molar-refractivity contribution is 7.22. The van der Waals surface area contributed by atoms with Gasteiger partial charge in [0, 0.05) is 50.9 Å². The van der Waals surface area contributed by atoms with Crippen LogP contribution in [0.25, 0.3) is 74.1 Å². The summed E-state index contributed by atoms with van der Waals surface area (Å²) in [7, 11) is 7.24. The predicted molar refractivity (Wildman–Crippen MR) is 379 cm³/mol. The van der Waals surface area contributed by atoms with Crippen LogP contribution < -0.4 is 33.4 Å². The van der Waals surface area contributed by atoms with Gasteiger partial charge < -0.3 is 63.4 Å². The van der Waals surface area contributed by atoms with Gasteiger partial charge in [0.25, 0.3) is 16.7 Å². The number of H-pyrrole nitrogens is 4. The second-order valence-corrected chi connectivity index (χ2v) is 25.0. The molecule has 516 valence electrons. The van der Waals surface area contributed by atoms with Crippen molar-refractivity contribution in [2.75, 3.05) is 48.4 Å². The molecule has 0 amide bonds. The van der Waals surface area contributed by atoms with Gasteiger partial charge in [-0.3, -0.25) is 29.3 Å². The lowest BCUT2D eigenvalue weighted by atomic mass is 9.77. The van der Waals surface area contributed by atoms with Crippen molar-refractivity contribution < 1.29 is 71.4 Å². The first-order valence-corrected chi connectivity index (χ1v) is 31.9. The van der Waals surface area contributed by atoms with Crippen molar-refractivity contribution in [3.05, 3.63) is 206 Å². The molecule has 12 aromatic rings. The van der Waals surface area contributed by atoms with Crippen LogP contribution in [-0.2, 0) is 42.5 Å². The fraction of sp³-hybridized carbons (Fsp3) is 0.209. The number of nitrogen functional groups attached to an aromatic ring is 1. The number of pyridine rings is 4. The number of carbonyl (C=O) groups is 6. The van der Waals surface area contributed by atoms with Gasteiger partial charge in [-0.15, -0.1) is 16.4 Å². The molecule has 100 heavy (non-hydrogen) atoms. The Kier molecular flexibility index (Phi) is 23.5. The maximum Gasteiger partial charge on any atom is 0.496 e. The molecule has 1 saturated heterocycles. The topological polar surface area (TPSA) is 416 Å². The normalized spacial score (nSPS) is 12.5. The summed E-state index contributed by atoms with van der Waals surface area (Å²) in [6, 6.07) is 30.0. The SMILES string of the molecule is CC=CC(=O)OC.COC(=O)c1cccc(B2OC(C)(C)C(C)(C)O2)c1N.COC(=O)c1cccc2c1[nH]c(=O)c1nc(C)sc12.COC(=O)c1cccc2c1[nH]c(=O)c1nnsc12.COC(=O)c1cccc2c1[nH]c(=O)c1sc([N+](=O)[O-])cc12.COC(=O)c1cccc2ccc(=O)[nH]c12. The van der Waals surface area contributed by atoms with Crippen molar-refractivity contribution in [1.29, 1.82) is 0 Å². The van der Waals surface area contributed by atoms with Crippen LogP contribution in [0.15, 0.2) is 141 Å². The van der Waals surface area contributed by atoms with Crippen molar-refractivity contribution in [3.8, 4) is 0 Å². The van der Waals surface area contributed by atoms with Crippen LogP contribution in [0.4, 0.5) is 10.7 Å². The average Bonchev–Trinajstić information content (AvgIpc) is 1.56. The molecule has 0 unspecified atom stereocenters. The van der Waals surface area contributed by atoms with Crippen molar-refractivity contribution in [2.24, 2.45) is 0 Å². The quantitative estimate of drug-likeness (QED) is 0.0180. The van der Waals surface area contributed by atoms with E-state index in [9.17, 15) is 58.1 Å². The Labute approximate surface area is 577 Å². The van der Waals surface area contributed by atoms with E-state index in [0.29, 0.717) is 76.5 Å². The highest BCUT2D eigenvalue weighted by Crippen LogP contribution is 2.38. The molecule has 1 fully saturated rings. The number of nitrogens with two attached hydrogens (primary N) is 1. The highest BCUT2D eigenvalue weighted by Gasteiger charge is 2.52. The molecule has 29 nitrogen and oxygen atoms in total.